The van der Waals surface area contributed by atoms with Gasteiger partial charge in [-0.05, 0) is 35.5 Å². The van der Waals surface area contributed by atoms with Crippen LogP contribution in [0, 0.1) is 5.82 Å². The van der Waals surface area contributed by atoms with Gasteiger partial charge in [-0.15, -0.1) is 10.4 Å². The molecule has 152 valence electrons. The molecule has 15 heteroatoms. The number of halogens is 2. The fourth-order valence-corrected chi connectivity index (χ4v) is 4.03. The van der Waals surface area contributed by atoms with Crippen LogP contribution in [0.3, 0.4) is 0 Å². The van der Waals surface area contributed by atoms with Crippen molar-refractivity contribution < 1.29 is 9.18 Å². The molecule has 1 amide bonds. The van der Waals surface area contributed by atoms with E-state index < -0.39 is 39.2 Å². The molecule has 0 spiro atoms. The molecule has 1 aliphatic rings. The fourth-order valence-electron chi connectivity index (χ4n) is 3.93. The number of aromatic amines is 1. The number of aromatic nitrogens is 4. The number of H-pyrrole nitrogens is 1. The van der Waals surface area contributed by atoms with Gasteiger partial charge < -0.3 is 4.90 Å². The molecule has 14 radical (unpaired) electrons. The average Bonchev–Trinajstić information content (AvgIpc) is 3.25. The molecule has 0 unspecified atom stereocenters. The summed E-state index contributed by atoms with van der Waals surface area (Å²) in [5.74, 6) is -1.83. The van der Waals surface area contributed by atoms with Crippen molar-refractivity contribution in [3.8, 4) is 11.3 Å². The highest BCUT2D eigenvalue weighted by Crippen LogP contribution is 2.67. The standard InChI is InChI=1S/C19H10B7ClFN5O/c20-16(7-9-5-11(28)14(27)30-8-9)15(34)33(19(25,26)18(23,24)17(16,21)22)13-6-12(31-32-13)10-1-3-29-4-2-10/h1-6,8H,7H2,(H,31,32)/t16-/m1/s1. The number of carbonyl (C=O) groups is 1. The highest BCUT2D eigenvalue weighted by atomic mass is 35.5. The van der Waals surface area contributed by atoms with Crippen molar-refractivity contribution in [2.75, 3.05) is 4.90 Å². The number of piperidine rings is 1. The molecular formula is C19H10B7ClFN5O. The van der Waals surface area contributed by atoms with Gasteiger partial charge in [-0.1, -0.05) is 11.6 Å². The number of nitrogens with zero attached hydrogens (tertiary/aromatic N) is 4. The first kappa shape index (κ1) is 24.8. The minimum absolute atomic E-state index is 0.0483. The van der Waals surface area contributed by atoms with Gasteiger partial charge in [0.25, 0.3) is 0 Å². The number of rotatable bonds is 4. The monoisotopic (exact) mass is 455 g/mol. The van der Waals surface area contributed by atoms with Crippen LogP contribution in [0.5, 0.6) is 0 Å². The number of carbonyl (C=O) groups excluding carboxylic acids is 1. The summed E-state index contributed by atoms with van der Waals surface area (Å²) in [6.07, 6.45) is 3.93. The van der Waals surface area contributed by atoms with Gasteiger partial charge in [0.15, 0.2) is 16.8 Å². The fraction of sp³-hybridized carbons (Fsp3) is 0.263. The van der Waals surface area contributed by atoms with Gasteiger partial charge in [0.1, 0.15) is 0 Å². The van der Waals surface area contributed by atoms with Gasteiger partial charge in [-0.3, -0.25) is 14.9 Å². The summed E-state index contributed by atoms with van der Waals surface area (Å²) < 4.78 is 14.0. The highest BCUT2D eigenvalue weighted by Gasteiger charge is 2.64. The minimum atomic E-state index is -2.38. The van der Waals surface area contributed by atoms with E-state index in [0.717, 1.165) is 11.0 Å². The van der Waals surface area contributed by atoms with Crippen LogP contribution < -0.4 is 4.90 Å². The van der Waals surface area contributed by atoms with Crippen molar-refractivity contribution in [3.63, 3.8) is 0 Å². The molecular weight excluding hydrogens is 444 g/mol. The van der Waals surface area contributed by atoms with Crippen LogP contribution in [-0.2, 0) is 11.2 Å². The maximum Gasteiger partial charge on any atom is 0.223 e. The van der Waals surface area contributed by atoms with E-state index in [-0.39, 0.29) is 16.5 Å². The van der Waals surface area contributed by atoms with E-state index in [9.17, 15) is 9.18 Å². The number of pyridine rings is 2. The van der Waals surface area contributed by atoms with Crippen LogP contribution in [0.15, 0.2) is 42.9 Å². The molecule has 34 heavy (non-hydrogen) atoms. The highest BCUT2D eigenvalue weighted by molar-refractivity contribution is 6.67. The van der Waals surface area contributed by atoms with E-state index in [1.165, 1.54) is 12.3 Å². The van der Waals surface area contributed by atoms with Crippen molar-refractivity contribution >= 4 is 78.2 Å². The third kappa shape index (κ3) is 3.48. The molecule has 0 bridgehead atoms. The lowest BCUT2D eigenvalue weighted by Crippen LogP contribution is -2.74. The number of amides is 1. The zero-order chi connectivity index (χ0) is 25.1. The molecule has 4 rings (SSSR count). The van der Waals surface area contributed by atoms with Gasteiger partial charge in [0, 0.05) is 35.5 Å². The molecule has 0 aliphatic carbocycles. The number of hydrogen-bond acceptors (Lipinski definition) is 4. The smallest absolute Gasteiger partial charge is 0.223 e. The second kappa shape index (κ2) is 8.11. The average molecular weight is 454 g/mol. The Kier molecular flexibility index (Phi) is 5.91. The first-order chi connectivity index (χ1) is 15.7. The normalized spacial score (nSPS) is 23.0. The molecule has 1 fully saturated rings. The summed E-state index contributed by atoms with van der Waals surface area (Å²) in [6, 6.07) is 5.95. The van der Waals surface area contributed by atoms with Crippen LogP contribution in [-0.4, -0.2) is 86.3 Å². The van der Waals surface area contributed by atoms with E-state index in [1.807, 2.05) is 0 Å². The van der Waals surface area contributed by atoms with Crippen LogP contribution in [0.2, 0.25) is 20.9 Å². The number of hydrogen-bond donors (Lipinski definition) is 1. The molecule has 1 N–H and O–H groups in total. The zero-order valence-electron chi connectivity index (χ0n) is 17.7. The van der Waals surface area contributed by atoms with Crippen molar-refractivity contribution in [3.05, 3.63) is 59.4 Å². The molecule has 3 aromatic rings. The molecule has 3 aromatic heterocycles. The third-order valence-electron chi connectivity index (χ3n) is 6.16. The lowest BCUT2D eigenvalue weighted by Gasteiger charge is -2.70. The van der Waals surface area contributed by atoms with Crippen molar-refractivity contribution in [1.82, 2.24) is 20.2 Å². The van der Waals surface area contributed by atoms with Crippen LogP contribution in [0.25, 0.3) is 11.3 Å². The maximum atomic E-state index is 14.0. The van der Waals surface area contributed by atoms with Crippen molar-refractivity contribution in [2.24, 2.45) is 0 Å². The Balaban J connectivity index is 1.83. The topological polar surface area (TPSA) is 74.8 Å². The van der Waals surface area contributed by atoms with Crippen LogP contribution >= 0.6 is 11.6 Å². The van der Waals surface area contributed by atoms with Crippen molar-refractivity contribution in [1.29, 1.82) is 0 Å². The van der Waals surface area contributed by atoms with Gasteiger partial charge in [-0.25, -0.2) is 9.37 Å². The zero-order valence-corrected chi connectivity index (χ0v) is 18.5. The van der Waals surface area contributed by atoms with Crippen molar-refractivity contribution in [2.45, 2.75) is 27.5 Å². The van der Waals surface area contributed by atoms with E-state index >= 15 is 0 Å². The first-order valence-electron chi connectivity index (χ1n) is 9.86. The predicted molar refractivity (Wildman–Crippen MR) is 133 cm³/mol. The molecule has 1 atom stereocenters. The van der Waals surface area contributed by atoms with Gasteiger partial charge in [0.2, 0.25) is 5.91 Å². The Bertz CT molecular complexity index is 1260. The SMILES string of the molecule is [B]C1([B])N(c2cc(-c3ccncc3)[nH]n2)C(=O)[C@]([B])(Cc2cnc(Cl)c(F)c2)C([B])([B])C1([B])[B]. The second-order valence-electron chi connectivity index (χ2n) is 8.34. The number of nitrogens with one attached hydrogen (secondary N) is 1. The molecule has 6 nitrogen and oxygen atoms in total. The quantitative estimate of drug-likeness (QED) is 0.460. The summed E-state index contributed by atoms with van der Waals surface area (Å²) in [4.78, 5) is 22.3. The summed E-state index contributed by atoms with van der Waals surface area (Å²) in [6.45, 7) is 0. The molecule has 1 aliphatic heterocycles. The van der Waals surface area contributed by atoms with E-state index in [1.54, 1.807) is 24.5 Å². The largest absolute Gasteiger partial charge is 0.308 e. The predicted octanol–water partition coefficient (Wildman–Crippen LogP) is 0.473. The van der Waals surface area contributed by atoms with Gasteiger partial charge in [-0.2, -0.15) is 5.10 Å². The molecule has 0 saturated carbocycles. The Hall–Kier alpha value is -2.35. The van der Waals surface area contributed by atoms with E-state index in [0.29, 0.717) is 11.3 Å². The van der Waals surface area contributed by atoms with Crippen LogP contribution in [0.4, 0.5) is 10.2 Å². The molecule has 1 saturated heterocycles. The number of anilines is 1. The third-order valence-corrected chi connectivity index (χ3v) is 6.44. The minimum Gasteiger partial charge on any atom is -0.308 e. The first-order valence-corrected chi connectivity index (χ1v) is 10.2. The van der Waals surface area contributed by atoms with Gasteiger partial charge >= 0.3 is 0 Å². The lowest BCUT2D eigenvalue weighted by atomic mass is 9.12. The Morgan fingerprint density at radius 3 is 2.29 bits per heavy atom. The summed E-state index contributed by atoms with van der Waals surface area (Å²) >= 11 is 5.65. The molecule has 4 heterocycles. The Labute approximate surface area is 210 Å². The van der Waals surface area contributed by atoms with E-state index in [4.69, 9.17) is 66.5 Å². The Morgan fingerprint density at radius 2 is 1.68 bits per heavy atom. The van der Waals surface area contributed by atoms with Crippen LogP contribution in [0.1, 0.15) is 5.56 Å². The molecule has 0 aromatic carbocycles. The summed E-state index contributed by atoms with van der Waals surface area (Å²) in [5.41, 5.74) is 1.36. The second-order valence-corrected chi connectivity index (χ2v) is 8.70. The van der Waals surface area contributed by atoms with E-state index in [2.05, 4.69) is 20.2 Å². The maximum absolute atomic E-state index is 14.0. The van der Waals surface area contributed by atoms with Gasteiger partial charge in [0.05, 0.1) is 60.6 Å². The Morgan fingerprint density at radius 1 is 1.03 bits per heavy atom. The summed E-state index contributed by atoms with van der Waals surface area (Å²) in [7, 11) is 44.1. The summed E-state index contributed by atoms with van der Waals surface area (Å²) in [5, 5.41) is -2.77. The lowest BCUT2D eigenvalue weighted by molar-refractivity contribution is -0.124.